The lowest BCUT2D eigenvalue weighted by atomic mass is 10.2. The van der Waals surface area contributed by atoms with Crippen molar-refractivity contribution in [3.63, 3.8) is 0 Å². The number of fused-ring (bicyclic) bond motifs is 1. The Labute approximate surface area is 199 Å². The molecule has 1 amide bonds. The summed E-state index contributed by atoms with van der Waals surface area (Å²) in [4.78, 5) is 17.5. The summed E-state index contributed by atoms with van der Waals surface area (Å²) < 4.78 is 8.09. The van der Waals surface area contributed by atoms with Crippen LogP contribution in [-0.4, -0.2) is 22.1 Å². The van der Waals surface area contributed by atoms with Crippen molar-refractivity contribution in [2.75, 3.05) is 6.61 Å². The molecule has 33 heavy (non-hydrogen) atoms. The third kappa shape index (κ3) is 5.55. The van der Waals surface area contributed by atoms with Crippen molar-refractivity contribution in [3.8, 4) is 5.75 Å². The number of hydrogen-bond acceptors (Lipinski definition) is 3. The molecule has 3 aromatic carbocycles. The van der Waals surface area contributed by atoms with Gasteiger partial charge in [-0.25, -0.2) is 4.98 Å². The quantitative estimate of drug-likeness (QED) is 0.295. The first-order chi connectivity index (χ1) is 16.0. The summed E-state index contributed by atoms with van der Waals surface area (Å²) in [5.41, 5.74) is 3.65. The lowest BCUT2D eigenvalue weighted by Crippen LogP contribution is -2.28. The molecule has 0 bridgehead atoms. The van der Waals surface area contributed by atoms with E-state index in [0.717, 1.165) is 52.6 Å². The Bertz CT molecular complexity index is 1240. The van der Waals surface area contributed by atoms with Crippen LogP contribution < -0.4 is 10.1 Å². The van der Waals surface area contributed by atoms with Gasteiger partial charge >= 0.3 is 0 Å². The van der Waals surface area contributed by atoms with Gasteiger partial charge in [0.2, 0.25) is 0 Å². The molecule has 0 aliphatic carbocycles. The maximum atomic E-state index is 12.7. The van der Waals surface area contributed by atoms with Gasteiger partial charge in [-0.1, -0.05) is 41.9 Å². The first kappa shape index (κ1) is 22.9. The van der Waals surface area contributed by atoms with Crippen molar-refractivity contribution in [1.29, 1.82) is 0 Å². The predicted octanol–water partition coefficient (Wildman–Crippen LogP) is 6.35. The van der Waals surface area contributed by atoms with Crippen LogP contribution in [0.15, 0.2) is 72.8 Å². The van der Waals surface area contributed by atoms with Crippen LogP contribution >= 0.6 is 11.6 Å². The SMILES string of the molecule is Cc1cc(OCCCCn2c(C(C)NC(=O)c3ccccc3)nc3ccccc32)ccc1Cl. The molecule has 0 radical (unpaired) electrons. The maximum absolute atomic E-state index is 12.7. The highest BCUT2D eigenvalue weighted by molar-refractivity contribution is 6.31. The molecule has 1 unspecified atom stereocenters. The Morgan fingerprint density at radius 1 is 1.06 bits per heavy atom. The number of imidazole rings is 1. The van der Waals surface area contributed by atoms with E-state index in [1.165, 1.54) is 0 Å². The summed E-state index contributed by atoms with van der Waals surface area (Å²) in [5, 5.41) is 3.83. The van der Waals surface area contributed by atoms with Gasteiger partial charge in [-0.05, 0) is 74.7 Å². The maximum Gasteiger partial charge on any atom is 0.251 e. The smallest absolute Gasteiger partial charge is 0.251 e. The lowest BCUT2D eigenvalue weighted by Gasteiger charge is -2.16. The van der Waals surface area contributed by atoms with Crippen molar-refractivity contribution in [1.82, 2.24) is 14.9 Å². The van der Waals surface area contributed by atoms with Gasteiger partial charge in [0.25, 0.3) is 5.91 Å². The molecular formula is C27H28ClN3O2. The average molecular weight is 462 g/mol. The molecule has 0 saturated carbocycles. The van der Waals surface area contributed by atoms with E-state index in [9.17, 15) is 4.79 Å². The number of carbonyl (C=O) groups is 1. The van der Waals surface area contributed by atoms with E-state index < -0.39 is 0 Å². The van der Waals surface area contributed by atoms with E-state index >= 15 is 0 Å². The van der Waals surface area contributed by atoms with E-state index in [1.807, 2.05) is 80.6 Å². The predicted molar refractivity (Wildman–Crippen MR) is 133 cm³/mol. The van der Waals surface area contributed by atoms with Gasteiger partial charge < -0.3 is 14.6 Å². The summed E-state index contributed by atoms with van der Waals surface area (Å²) in [5.74, 6) is 1.59. The zero-order valence-electron chi connectivity index (χ0n) is 18.9. The third-order valence-corrected chi connectivity index (χ3v) is 6.05. The lowest BCUT2D eigenvalue weighted by molar-refractivity contribution is 0.0937. The molecule has 4 aromatic rings. The molecule has 1 N–H and O–H groups in total. The van der Waals surface area contributed by atoms with E-state index in [4.69, 9.17) is 21.3 Å². The fourth-order valence-electron chi connectivity index (χ4n) is 3.86. The number of rotatable bonds is 9. The Hall–Kier alpha value is -3.31. The van der Waals surface area contributed by atoms with Gasteiger partial charge in [0.1, 0.15) is 11.6 Å². The Balaban J connectivity index is 1.41. The number of ether oxygens (including phenoxy) is 1. The average Bonchev–Trinajstić information content (AvgIpc) is 3.20. The number of benzene rings is 3. The Morgan fingerprint density at radius 2 is 1.82 bits per heavy atom. The van der Waals surface area contributed by atoms with E-state index in [1.54, 1.807) is 0 Å². The largest absolute Gasteiger partial charge is 0.494 e. The number of nitrogens with one attached hydrogen (secondary N) is 1. The van der Waals surface area contributed by atoms with Crippen molar-refractivity contribution < 1.29 is 9.53 Å². The summed E-state index contributed by atoms with van der Waals surface area (Å²) in [6, 6.07) is 22.8. The first-order valence-electron chi connectivity index (χ1n) is 11.2. The molecule has 6 heteroatoms. The van der Waals surface area contributed by atoms with Gasteiger partial charge in [-0.15, -0.1) is 0 Å². The van der Waals surface area contributed by atoms with Crippen molar-refractivity contribution >= 4 is 28.5 Å². The minimum atomic E-state index is -0.224. The van der Waals surface area contributed by atoms with Gasteiger partial charge in [-0.2, -0.15) is 0 Å². The van der Waals surface area contributed by atoms with Crippen LogP contribution in [0.2, 0.25) is 5.02 Å². The summed E-state index contributed by atoms with van der Waals surface area (Å²) >= 11 is 6.09. The number of para-hydroxylation sites is 2. The minimum Gasteiger partial charge on any atom is -0.494 e. The molecule has 0 fully saturated rings. The van der Waals surface area contributed by atoms with Crippen LogP contribution in [0, 0.1) is 6.92 Å². The highest BCUT2D eigenvalue weighted by Crippen LogP contribution is 2.23. The fourth-order valence-corrected chi connectivity index (χ4v) is 3.98. The van der Waals surface area contributed by atoms with Crippen molar-refractivity contribution in [2.24, 2.45) is 0 Å². The molecule has 1 aromatic heterocycles. The number of halogens is 1. The van der Waals surface area contributed by atoms with Crippen molar-refractivity contribution in [3.05, 3.63) is 94.8 Å². The fraction of sp³-hybridized carbons (Fsp3) is 0.259. The third-order valence-electron chi connectivity index (χ3n) is 5.63. The molecule has 170 valence electrons. The van der Waals surface area contributed by atoms with Crippen LogP contribution in [-0.2, 0) is 6.54 Å². The number of carbonyl (C=O) groups excluding carboxylic acids is 1. The normalized spacial score (nSPS) is 12.0. The van der Waals surface area contributed by atoms with E-state index in [0.29, 0.717) is 12.2 Å². The molecule has 0 spiro atoms. The molecule has 0 aliphatic rings. The van der Waals surface area contributed by atoms with E-state index in [-0.39, 0.29) is 11.9 Å². The minimum absolute atomic E-state index is 0.103. The number of unbranched alkanes of at least 4 members (excludes halogenated alkanes) is 1. The molecule has 4 rings (SSSR count). The summed E-state index contributed by atoms with van der Waals surface area (Å²) in [6.07, 6.45) is 1.83. The zero-order valence-corrected chi connectivity index (χ0v) is 19.7. The van der Waals surface area contributed by atoms with Gasteiger partial charge in [-0.3, -0.25) is 4.79 Å². The highest BCUT2D eigenvalue weighted by atomic mass is 35.5. The monoisotopic (exact) mass is 461 g/mol. The highest BCUT2D eigenvalue weighted by Gasteiger charge is 2.18. The number of aryl methyl sites for hydroxylation is 2. The van der Waals surface area contributed by atoms with Crippen molar-refractivity contribution in [2.45, 2.75) is 39.3 Å². The van der Waals surface area contributed by atoms with E-state index in [2.05, 4.69) is 16.0 Å². The Morgan fingerprint density at radius 3 is 2.61 bits per heavy atom. The molecule has 0 aliphatic heterocycles. The second-order valence-electron chi connectivity index (χ2n) is 8.14. The summed E-state index contributed by atoms with van der Waals surface area (Å²) in [7, 11) is 0. The zero-order chi connectivity index (χ0) is 23.2. The second-order valence-corrected chi connectivity index (χ2v) is 8.55. The Kier molecular flexibility index (Phi) is 7.30. The number of aromatic nitrogens is 2. The molecule has 1 heterocycles. The van der Waals surface area contributed by atoms with Crippen LogP contribution in [0.3, 0.4) is 0 Å². The van der Waals surface area contributed by atoms with Crippen LogP contribution in [0.4, 0.5) is 0 Å². The number of nitrogens with zero attached hydrogens (tertiary/aromatic N) is 2. The van der Waals surface area contributed by atoms with Crippen LogP contribution in [0.25, 0.3) is 11.0 Å². The number of amides is 1. The van der Waals surface area contributed by atoms with Gasteiger partial charge in [0, 0.05) is 17.1 Å². The molecular weight excluding hydrogens is 434 g/mol. The topological polar surface area (TPSA) is 56.1 Å². The molecule has 5 nitrogen and oxygen atoms in total. The van der Waals surface area contributed by atoms with Gasteiger partial charge in [0.15, 0.2) is 0 Å². The summed E-state index contributed by atoms with van der Waals surface area (Å²) in [6.45, 7) is 5.37. The number of hydrogen-bond donors (Lipinski definition) is 1. The molecule has 1 atom stereocenters. The molecule has 0 saturated heterocycles. The van der Waals surface area contributed by atoms with Crippen LogP contribution in [0.1, 0.15) is 47.6 Å². The first-order valence-corrected chi connectivity index (χ1v) is 11.6. The second kappa shape index (κ2) is 10.5. The van der Waals surface area contributed by atoms with Gasteiger partial charge in [0.05, 0.1) is 23.7 Å². The standard InChI is InChI=1S/C27H28ClN3O2/c1-19-18-22(14-15-23(19)28)33-17-9-8-16-31-25-13-7-6-12-24(25)30-26(31)20(2)29-27(32)21-10-4-3-5-11-21/h3-7,10-15,18,20H,8-9,16-17H2,1-2H3,(H,29,32). The van der Waals surface area contributed by atoms with Crippen LogP contribution in [0.5, 0.6) is 5.75 Å².